The second kappa shape index (κ2) is 8.22. The average molecular weight is 350 g/mol. The molecule has 0 spiro atoms. The van der Waals surface area contributed by atoms with E-state index in [1.807, 2.05) is 12.1 Å². The third-order valence-electron chi connectivity index (χ3n) is 2.80. The fourth-order valence-corrected chi connectivity index (χ4v) is 2.38. The van der Waals surface area contributed by atoms with E-state index in [1.165, 1.54) is 0 Å². The highest BCUT2D eigenvalue weighted by atomic mass is 35.5. The number of nitrogens with zero attached hydrogens (tertiary/aromatic N) is 1. The predicted molar refractivity (Wildman–Crippen MR) is 92.1 cm³/mol. The highest BCUT2D eigenvalue weighted by Gasteiger charge is 2.10. The zero-order valence-electron chi connectivity index (χ0n) is 11.8. The number of carbonyl (C=O) groups is 1. The van der Waals surface area contributed by atoms with Crippen LogP contribution in [-0.4, -0.2) is 21.4 Å². The van der Waals surface area contributed by atoms with E-state index in [2.05, 4.69) is 15.5 Å². The standard InChI is InChI=1S/C13H9Cl2NO2.C3H4N2/c14-8-5-6-9(11(15)7-8)10-3-1-2-4-12(10)16-13(17)18;1-2-4-5-3-1/h1-7,16H,(H,17,18);1-3H,(H,4,5). The number of hydrogen-bond acceptors (Lipinski definition) is 2. The third-order valence-corrected chi connectivity index (χ3v) is 3.34. The van der Waals surface area contributed by atoms with Crippen LogP contribution in [0.3, 0.4) is 0 Å². The molecule has 0 bridgehead atoms. The van der Waals surface area contributed by atoms with Crippen LogP contribution in [0.5, 0.6) is 0 Å². The van der Waals surface area contributed by atoms with Crippen molar-refractivity contribution in [1.29, 1.82) is 0 Å². The van der Waals surface area contributed by atoms with Gasteiger partial charge in [-0.1, -0.05) is 47.5 Å². The number of aromatic amines is 1. The summed E-state index contributed by atoms with van der Waals surface area (Å²) in [5.74, 6) is 0. The van der Waals surface area contributed by atoms with Gasteiger partial charge < -0.3 is 5.11 Å². The van der Waals surface area contributed by atoms with E-state index in [1.54, 1.807) is 48.8 Å². The minimum Gasteiger partial charge on any atom is -0.465 e. The molecule has 3 aromatic rings. The van der Waals surface area contributed by atoms with Crippen LogP contribution < -0.4 is 5.32 Å². The summed E-state index contributed by atoms with van der Waals surface area (Å²) >= 11 is 11.9. The minimum atomic E-state index is -1.12. The molecule has 1 amide bonds. The van der Waals surface area contributed by atoms with Crippen molar-refractivity contribution in [2.45, 2.75) is 0 Å². The highest BCUT2D eigenvalue weighted by Crippen LogP contribution is 2.34. The molecule has 1 aromatic heterocycles. The largest absolute Gasteiger partial charge is 0.465 e. The zero-order chi connectivity index (χ0) is 16.7. The molecule has 7 heteroatoms. The Kier molecular flexibility index (Phi) is 6.02. The van der Waals surface area contributed by atoms with Crippen molar-refractivity contribution in [2.75, 3.05) is 5.32 Å². The number of H-pyrrole nitrogens is 1. The first-order valence-electron chi connectivity index (χ1n) is 6.56. The lowest BCUT2D eigenvalue weighted by Gasteiger charge is -2.10. The summed E-state index contributed by atoms with van der Waals surface area (Å²) < 4.78 is 0. The quantitative estimate of drug-likeness (QED) is 0.597. The molecule has 0 fully saturated rings. The maximum absolute atomic E-state index is 10.7. The van der Waals surface area contributed by atoms with E-state index in [4.69, 9.17) is 28.3 Å². The van der Waals surface area contributed by atoms with E-state index in [0.717, 1.165) is 5.56 Å². The summed E-state index contributed by atoms with van der Waals surface area (Å²) in [6, 6.07) is 13.9. The number of amides is 1. The van der Waals surface area contributed by atoms with Gasteiger partial charge in [-0.05, 0) is 24.3 Å². The molecule has 118 valence electrons. The molecule has 3 rings (SSSR count). The van der Waals surface area contributed by atoms with Gasteiger partial charge in [-0.2, -0.15) is 5.10 Å². The Hall–Kier alpha value is -2.50. The molecule has 1 heterocycles. The van der Waals surface area contributed by atoms with Gasteiger partial charge in [-0.25, -0.2) is 4.79 Å². The molecule has 0 radical (unpaired) electrons. The number of hydrogen-bond donors (Lipinski definition) is 3. The molecular weight excluding hydrogens is 337 g/mol. The van der Waals surface area contributed by atoms with Crippen molar-refractivity contribution in [3.8, 4) is 11.1 Å². The van der Waals surface area contributed by atoms with Gasteiger partial charge in [0.15, 0.2) is 0 Å². The molecule has 0 unspecified atom stereocenters. The fourth-order valence-electron chi connectivity index (χ4n) is 1.87. The van der Waals surface area contributed by atoms with Crippen LogP contribution in [0.1, 0.15) is 0 Å². The average Bonchev–Trinajstić information content (AvgIpc) is 3.07. The summed E-state index contributed by atoms with van der Waals surface area (Å²) in [4.78, 5) is 10.7. The smallest absolute Gasteiger partial charge is 0.409 e. The molecule has 0 aliphatic carbocycles. The van der Waals surface area contributed by atoms with E-state index in [0.29, 0.717) is 21.3 Å². The topological polar surface area (TPSA) is 78.0 Å². The van der Waals surface area contributed by atoms with Crippen molar-refractivity contribution in [1.82, 2.24) is 10.2 Å². The van der Waals surface area contributed by atoms with E-state index in [-0.39, 0.29) is 0 Å². The summed E-state index contributed by atoms with van der Waals surface area (Å²) in [6.07, 6.45) is 2.34. The molecule has 0 aliphatic rings. The lowest BCUT2D eigenvalue weighted by molar-refractivity contribution is 0.210. The molecule has 3 N–H and O–H groups in total. The van der Waals surface area contributed by atoms with Crippen molar-refractivity contribution in [3.63, 3.8) is 0 Å². The number of aromatic nitrogens is 2. The maximum Gasteiger partial charge on any atom is 0.409 e. The molecule has 5 nitrogen and oxygen atoms in total. The number of carboxylic acid groups (broad SMARTS) is 1. The highest BCUT2D eigenvalue weighted by molar-refractivity contribution is 6.36. The van der Waals surface area contributed by atoms with Crippen LogP contribution in [0.2, 0.25) is 10.0 Å². The third kappa shape index (κ3) is 5.02. The first-order valence-corrected chi connectivity index (χ1v) is 7.31. The first-order chi connectivity index (χ1) is 11.1. The SMILES string of the molecule is O=C(O)Nc1ccccc1-c1ccc(Cl)cc1Cl.c1cn[nH]c1. The second-order valence-corrected chi connectivity index (χ2v) is 5.21. The zero-order valence-corrected chi connectivity index (χ0v) is 13.3. The number of para-hydroxylation sites is 1. The maximum atomic E-state index is 10.7. The van der Waals surface area contributed by atoms with E-state index < -0.39 is 6.09 Å². The molecule has 23 heavy (non-hydrogen) atoms. The van der Waals surface area contributed by atoms with Crippen LogP contribution >= 0.6 is 23.2 Å². The molecule has 2 aromatic carbocycles. The molecule has 0 saturated heterocycles. The van der Waals surface area contributed by atoms with Gasteiger partial charge in [0.05, 0.1) is 5.69 Å². The van der Waals surface area contributed by atoms with E-state index >= 15 is 0 Å². The number of anilines is 1. The predicted octanol–water partition coefficient (Wildman–Crippen LogP) is 5.16. The van der Waals surface area contributed by atoms with Crippen LogP contribution in [0.4, 0.5) is 10.5 Å². The van der Waals surface area contributed by atoms with Crippen molar-refractivity contribution >= 4 is 35.0 Å². The van der Waals surface area contributed by atoms with Crippen LogP contribution in [0, 0.1) is 0 Å². The Morgan fingerprint density at radius 1 is 1.09 bits per heavy atom. The Morgan fingerprint density at radius 2 is 1.87 bits per heavy atom. The first kappa shape index (κ1) is 16.9. The summed E-state index contributed by atoms with van der Waals surface area (Å²) in [6.45, 7) is 0. The Bertz CT molecular complexity index is 760. The van der Waals surface area contributed by atoms with Gasteiger partial charge in [0.2, 0.25) is 0 Å². The Morgan fingerprint density at radius 3 is 2.43 bits per heavy atom. The number of benzene rings is 2. The molecule has 0 saturated carbocycles. The van der Waals surface area contributed by atoms with Crippen LogP contribution in [0.25, 0.3) is 11.1 Å². The van der Waals surface area contributed by atoms with Gasteiger partial charge in [-0.3, -0.25) is 10.4 Å². The van der Waals surface area contributed by atoms with Crippen LogP contribution in [0.15, 0.2) is 60.9 Å². The van der Waals surface area contributed by atoms with Crippen molar-refractivity contribution in [3.05, 3.63) is 71.0 Å². The van der Waals surface area contributed by atoms with E-state index in [9.17, 15) is 4.79 Å². The summed E-state index contributed by atoms with van der Waals surface area (Å²) in [5, 5.41) is 18.3. The van der Waals surface area contributed by atoms with Crippen LogP contribution in [-0.2, 0) is 0 Å². The fraction of sp³-hybridized carbons (Fsp3) is 0. The summed E-state index contributed by atoms with van der Waals surface area (Å²) in [5.41, 5.74) is 1.92. The number of halogens is 2. The van der Waals surface area contributed by atoms with Gasteiger partial charge in [0.25, 0.3) is 0 Å². The van der Waals surface area contributed by atoms with Gasteiger partial charge in [0, 0.05) is 33.6 Å². The summed E-state index contributed by atoms with van der Waals surface area (Å²) in [7, 11) is 0. The minimum absolute atomic E-state index is 0.474. The molecule has 0 atom stereocenters. The lowest BCUT2D eigenvalue weighted by Crippen LogP contribution is -2.08. The second-order valence-electron chi connectivity index (χ2n) is 4.37. The lowest BCUT2D eigenvalue weighted by atomic mass is 10.0. The molecular formula is C16H13Cl2N3O2. The molecule has 0 aliphatic heterocycles. The van der Waals surface area contributed by atoms with Gasteiger partial charge in [0.1, 0.15) is 0 Å². The Balaban J connectivity index is 0.000000326. The number of rotatable bonds is 2. The van der Waals surface area contributed by atoms with Gasteiger partial charge >= 0.3 is 6.09 Å². The monoisotopic (exact) mass is 349 g/mol. The van der Waals surface area contributed by atoms with Crippen molar-refractivity contribution in [2.24, 2.45) is 0 Å². The normalized spacial score (nSPS) is 9.65. The number of nitrogens with one attached hydrogen (secondary N) is 2. The van der Waals surface area contributed by atoms with Crippen molar-refractivity contribution < 1.29 is 9.90 Å². The Labute approximate surface area is 142 Å². The van der Waals surface area contributed by atoms with Gasteiger partial charge in [-0.15, -0.1) is 0 Å².